The first-order valence-electron chi connectivity index (χ1n) is 12.0. The van der Waals surface area contributed by atoms with Crippen LogP contribution in [0.5, 0.6) is 17.2 Å². The lowest BCUT2D eigenvalue weighted by Crippen LogP contribution is -2.40. The number of rotatable bonds is 4. The predicted molar refractivity (Wildman–Crippen MR) is 141 cm³/mol. The largest absolute Gasteiger partial charge is 0.502 e. The first-order chi connectivity index (χ1) is 17.5. The van der Waals surface area contributed by atoms with Crippen LogP contribution in [0.15, 0.2) is 46.0 Å². The van der Waals surface area contributed by atoms with Crippen molar-refractivity contribution in [1.82, 2.24) is 13.7 Å². The zero-order valence-electron chi connectivity index (χ0n) is 22.1. The summed E-state index contributed by atoms with van der Waals surface area (Å²) in [5.41, 5.74) is 3.17. The molecule has 37 heavy (non-hydrogen) atoms. The van der Waals surface area contributed by atoms with Crippen molar-refractivity contribution >= 4 is 10.9 Å². The average molecular weight is 506 g/mol. The molecule has 0 radical (unpaired) electrons. The smallest absolute Gasteiger partial charge is 0.331 e. The number of phenols is 1. The summed E-state index contributed by atoms with van der Waals surface area (Å²) in [7, 11) is 6.09. The molecule has 2 aromatic carbocycles. The third kappa shape index (κ3) is 3.56. The van der Waals surface area contributed by atoms with Gasteiger partial charge in [0, 0.05) is 14.1 Å². The fourth-order valence-corrected chi connectivity index (χ4v) is 5.38. The molecule has 9 heteroatoms. The number of hydrogen-bond acceptors (Lipinski definition) is 6. The lowest BCUT2D eigenvalue weighted by Gasteiger charge is -2.39. The molecule has 4 aromatic rings. The molecule has 0 amide bonds. The molecule has 1 atom stereocenters. The zero-order valence-corrected chi connectivity index (χ0v) is 22.1. The van der Waals surface area contributed by atoms with Gasteiger partial charge in [-0.25, -0.2) is 4.79 Å². The minimum Gasteiger partial charge on any atom is -0.502 e. The number of aromatic nitrogens is 3. The van der Waals surface area contributed by atoms with Crippen LogP contribution >= 0.6 is 0 Å². The SMILES string of the molecule is COc1cc(C2OCC(C)(C)n3c(-c4cccc(C)c4)c4c(=O)n(C)c(=O)n(C)c4c32)cc(OC)c1O. The average Bonchev–Trinajstić information content (AvgIpc) is 3.24. The fraction of sp³-hybridized carbons (Fsp3) is 0.357. The van der Waals surface area contributed by atoms with Crippen LogP contribution in [0.4, 0.5) is 0 Å². The van der Waals surface area contributed by atoms with Crippen LogP contribution in [0.25, 0.3) is 22.2 Å². The van der Waals surface area contributed by atoms with E-state index in [9.17, 15) is 14.7 Å². The number of phenolic OH excluding ortho intramolecular Hbond substituents is 1. The minimum atomic E-state index is -0.671. The van der Waals surface area contributed by atoms with Crippen molar-refractivity contribution in [1.29, 1.82) is 0 Å². The van der Waals surface area contributed by atoms with Gasteiger partial charge in [-0.3, -0.25) is 13.9 Å². The van der Waals surface area contributed by atoms with Gasteiger partial charge in [-0.05, 0) is 50.1 Å². The summed E-state index contributed by atoms with van der Waals surface area (Å²) in [5, 5.41) is 11.0. The lowest BCUT2D eigenvalue weighted by atomic mass is 9.97. The molecule has 1 N–H and O–H groups in total. The summed E-state index contributed by atoms with van der Waals surface area (Å²) in [6.45, 7) is 6.44. The van der Waals surface area contributed by atoms with Crippen molar-refractivity contribution in [3.8, 4) is 28.5 Å². The molecule has 0 saturated heterocycles. The van der Waals surface area contributed by atoms with Gasteiger partial charge < -0.3 is 23.9 Å². The molecule has 1 aliphatic heterocycles. The Morgan fingerprint density at radius 3 is 2.27 bits per heavy atom. The molecule has 0 bridgehead atoms. The summed E-state index contributed by atoms with van der Waals surface area (Å²) in [6, 6.07) is 11.4. The molecule has 9 nitrogen and oxygen atoms in total. The lowest BCUT2D eigenvalue weighted by molar-refractivity contribution is -0.00724. The van der Waals surface area contributed by atoms with Gasteiger partial charge in [-0.15, -0.1) is 0 Å². The van der Waals surface area contributed by atoms with Gasteiger partial charge in [-0.1, -0.05) is 23.8 Å². The zero-order chi connectivity index (χ0) is 26.8. The number of nitrogens with zero attached hydrogens (tertiary/aromatic N) is 3. The van der Waals surface area contributed by atoms with Crippen molar-refractivity contribution in [3.63, 3.8) is 0 Å². The van der Waals surface area contributed by atoms with E-state index in [-0.39, 0.29) is 22.8 Å². The highest BCUT2D eigenvalue weighted by atomic mass is 16.5. The van der Waals surface area contributed by atoms with E-state index in [1.807, 2.05) is 45.0 Å². The van der Waals surface area contributed by atoms with Crippen LogP contribution in [-0.2, 0) is 24.4 Å². The Bertz CT molecular complexity index is 1650. The molecule has 2 aromatic heterocycles. The molecular formula is C28H31N3O6. The Morgan fingerprint density at radius 1 is 1.03 bits per heavy atom. The van der Waals surface area contributed by atoms with E-state index in [0.717, 1.165) is 21.4 Å². The van der Waals surface area contributed by atoms with Crippen LogP contribution < -0.4 is 20.7 Å². The number of benzene rings is 2. The summed E-state index contributed by atoms with van der Waals surface area (Å²) >= 11 is 0. The summed E-state index contributed by atoms with van der Waals surface area (Å²) < 4.78 is 22.0. The molecule has 1 aliphatic rings. The second kappa shape index (κ2) is 8.55. The van der Waals surface area contributed by atoms with E-state index < -0.39 is 17.3 Å². The summed E-state index contributed by atoms with van der Waals surface area (Å²) in [4.78, 5) is 26.9. The highest BCUT2D eigenvalue weighted by Gasteiger charge is 2.41. The van der Waals surface area contributed by atoms with Gasteiger partial charge in [0.2, 0.25) is 5.75 Å². The predicted octanol–water partition coefficient (Wildman–Crippen LogP) is 3.59. The highest BCUT2D eigenvalue weighted by Crippen LogP contribution is 2.48. The van der Waals surface area contributed by atoms with E-state index in [2.05, 4.69) is 4.57 Å². The Labute approximate surface area is 214 Å². The van der Waals surface area contributed by atoms with Crippen molar-refractivity contribution in [2.45, 2.75) is 32.4 Å². The topological polar surface area (TPSA) is 96.9 Å². The molecule has 194 valence electrons. The van der Waals surface area contributed by atoms with Gasteiger partial charge in [0.25, 0.3) is 5.56 Å². The molecule has 0 spiro atoms. The number of aromatic hydroxyl groups is 1. The normalized spacial score (nSPS) is 16.6. The van der Waals surface area contributed by atoms with Crippen molar-refractivity contribution in [2.75, 3.05) is 20.8 Å². The maximum atomic E-state index is 13.7. The van der Waals surface area contributed by atoms with Crippen LogP contribution in [0.2, 0.25) is 0 Å². The maximum absolute atomic E-state index is 13.7. The maximum Gasteiger partial charge on any atom is 0.331 e. The second-order valence-corrected chi connectivity index (χ2v) is 10.1. The van der Waals surface area contributed by atoms with E-state index in [1.165, 1.54) is 25.8 Å². The Kier molecular flexibility index (Phi) is 5.71. The first kappa shape index (κ1) is 24.7. The standard InChI is InChI=1S/C28H31N3O6/c1-15-9-8-10-16(11-15)21-20-22(29(4)27(34)30(5)26(20)33)23-25(37-14-28(2,3)31(21)23)17-12-18(35-6)24(32)19(13-17)36-7/h8-13,25,32H,14H2,1-7H3. The number of hydrogen-bond donors (Lipinski definition) is 1. The second-order valence-electron chi connectivity index (χ2n) is 10.1. The van der Waals surface area contributed by atoms with Gasteiger partial charge in [0.1, 0.15) is 6.10 Å². The number of fused-ring (bicyclic) bond motifs is 3. The van der Waals surface area contributed by atoms with Gasteiger partial charge in [0.15, 0.2) is 11.5 Å². The van der Waals surface area contributed by atoms with Gasteiger partial charge in [0.05, 0.1) is 48.7 Å². The molecule has 0 saturated carbocycles. The third-order valence-electron chi connectivity index (χ3n) is 7.16. The molecule has 0 fully saturated rings. The molecule has 3 heterocycles. The molecule has 0 aliphatic carbocycles. The highest BCUT2D eigenvalue weighted by molar-refractivity contribution is 5.97. The van der Waals surface area contributed by atoms with Crippen molar-refractivity contribution in [3.05, 3.63) is 74.1 Å². The quantitative estimate of drug-likeness (QED) is 0.455. The fourth-order valence-electron chi connectivity index (χ4n) is 5.38. The van der Waals surface area contributed by atoms with Crippen LogP contribution in [0.3, 0.4) is 0 Å². The van der Waals surface area contributed by atoms with E-state index in [0.29, 0.717) is 28.8 Å². The van der Waals surface area contributed by atoms with Crippen molar-refractivity contribution in [2.24, 2.45) is 14.1 Å². The molecular weight excluding hydrogens is 474 g/mol. The molecule has 5 rings (SSSR count). The Hall–Kier alpha value is -3.98. The monoisotopic (exact) mass is 505 g/mol. The van der Waals surface area contributed by atoms with E-state index >= 15 is 0 Å². The number of aryl methyl sites for hydroxylation is 2. The number of ether oxygens (including phenoxy) is 3. The summed E-state index contributed by atoms with van der Waals surface area (Å²) in [5.74, 6) is 0.342. The number of methoxy groups -OCH3 is 2. The summed E-state index contributed by atoms with van der Waals surface area (Å²) in [6.07, 6.45) is -0.671. The molecule has 1 unspecified atom stereocenters. The van der Waals surface area contributed by atoms with Crippen molar-refractivity contribution < 1.29 is 19.3 Å². The van der Waals surface area contributed by atoms with Crippen LogP contribution in [0.1, 0.15) is 36.8 Å². The Morgan fingerprint density at radius 2 is 1.68 bits per heavy atom. The van der Waals surface area contributed by atoms with E-state index in [4.69, 9.17) is 14.2 Å². The van der Waals surface area contributed by atoms with Gasteiger partial charge in [-0.2, -0.15) is 0 Å². The van der Waals surface area contributed by atoms with Crippen LogP contribution in [-0.4, -0.2) is 39.6 Å². The van der Waals surface area contributed by atoms with Gasteiger partial charge >= 0.3 is 5.69 Å². The Balaban J connectivity index is 1.99. The van der Waals surface area contributed by atoms with Crippen LogP contribution in [0, 0.1) is 6.92 Å². The van der Waals surface area contributed by atoms with E-state index in [1.54, 1.807) is 19.2 Å². The first-order valence-corrected chi connectivity index (χ1v) is 12.0. The third-order valence-corrected chi connectivity index (χ3v) is 7.16. The minimum absolute atomic E-state index is 0.119.